The van der Waals surface area contributed by atoms with Crippen LogP contribution in [0.3, 0.4) is 0 Å². The first kappa shape index (κ1) is 17.9. The molecule has 0 aromatic carbocycles. The number of aromatic nitrogens is 2. The summed E-state index contributed by atoms with van der Waals surface area (Å²) in [7, 11) is 1.99. The molecule has 1 aromatic heterocycles. The van der Waals surface area contributed by atoms with Gasteiger partial charge in [-0.1, -0.05) is 0 Å². The second-order valence-electron chi connectivity index (χ2n) is 7.23. The van der Waals surface area contributed by atoms with E-state index < -0.39 is 11.6 Å². The van der Waals surface area contributed by atoms with Crippen LogP contribution in [0.5, 0.6) is 0 Å². The molecule has 1 amide bonds. The van der Waals surface area contributed by atoms with E-state index in [0.29, 0.717) is 39.0 Å². The molecule has 138 valence electrons. The lowest BCUT2D eigenvalue weighted by Gasteiger charge is -2.41. The Morgan fingerprint density at radius 1 is 1.32 bits per heavy atom. The lowest BCUT2D eigenvalue weighted by atomic mass is 9.87. The third-order valence-corrected chi connectivity index (χ3v) is 5.37. The molecule has 1 aromatic rings. The number of hydrogen-bond donors (Lipinski definition) is 2. The van der Waals surface area contributed by atoms with Crippen molar-refractivity contribution in [2.75, 3.05) is 33.2 Å². The summed E-state index contributed by atoms with van der Waals surface area (Å²) in [6.45, 7) is 2.39. The minimum atomic E-state index is -1.27. The molecular weight excluding hydrogens is 324 g/mol. The molecule has 3 rings (SSSR count). The number of likely N-dealkylation sites (tertiary alicyclic amines) is 2. The molecule has 8 heteroatoms. The summed E-state index contributed by atoms with van der Waals surface area (Å²) in [5.41, 5.74) is -0.425. The number of nitrogens with zero attached hydrogens (tertiary/aromatic N) is 4. The summed E-state index contributed by atoms with van der Waals surface area (Å²) in [4.78, 5) is 27.8. The van der Waals surface area contributed by atoms with Crippen LogP contribution >= 0.6 is 0 Å². The van der Waals surface area contributed by atoms with Gasteiger partial charge in [0.2, 0.25) is 0 Å². The maximum Gasteiger partial charge on any atom is 0.325 e. The molecule has 2 aliphatic heterocycles. The first-order valence-electron chi connectivity index (χ1n) is 8.83. The fraction of sp³-hybridized carbons (Fsp3) is 0.706. The maximum absolute atomic E-state index is 12.9. The number of rotatable bonds is 4. The Morgan fingerprint density at radius 3 is 2.72 bits per heavy atom. The Labute approximate surface area is 147 Å². The highest BCUT2D eigenvalue weighted by Gasteiger charge is 2.42. The molecule has 8 nitrogen and oxygen atoms in total. The smallest absolute Gasteiger partial charge is 0.325 e. The van der Waals surface area contributed by atoms with Gasteiger partial charge in [0.15, 0.2) is 0 Å². The van der Waals surface area contributed by atoms with E-state index in [-0.39, 0.29) is 18.4 Å². The third kappa shape index (κ3) is 3.85. The van der Waals surface area contributed by atoms with Gasteiger partial charge in [-0.05, 0) is 38.8 Å². The van der Waals surface area contributed by atoms with Gasteiger partial charge in [0.1, 0.15) is 12.1 Å². The fourth-order valence-corrected chi connectivity index (χ4v) is 3.85. The third-order valence-electron chi connectivity index (χ3n) is 5.37. The molecule has 0 radical (unpaired) electrons. The van der Waals surface area contributed by atoms with Gasteiger partial charge >= 0.3 is 5.97 Å². The van der Waals surface area contributed by atoms with Crippen molar-refractivity contribution in [3.63, 3.8) is 0 Å². The Bertz CT molecular complexity index is 636. The van der Waals surface area contributed by atoms with Gasteiger partial charge < -0.3 is 20.0 Å². The van der Waals surface area contributed by atoms with Gasteiger partial charge in [0.05, 0.1) is 0 Å². The number of piperidine rings is 2. The number of carboxylic acids is 1. The molecule has 25 heavy (non-hydrogen) atoms. The Morgan fingerprint density at radius 2 is 2.04 bits per heavy atom. The average molecular weight is 350 g/mol. The van der Waals surface area contributed by atoms with Crippen molar-refractivity contribution in [1.29, 1.82) is 0 Å². The van der Waals surface area contributed by atoms with E-state index >= 15 is 0 Å². The summed E-state index contributed by atoms with van der Waals surface area (Å²) in [6.07, 6.45) is 4.24. The fourth-order valence-electron chi connectivity index (χ4n) is 3.85. The van der Waals surface area contributed by atoms with Crippen LogP contribution < -0.4 is 0 Å². The highest BCUT2D eigenvalue weighted by atomic mass is 16.4. The molecule has 0 bridgehead atoms. The zero-order valence-corrected chi connectivity index (χ0v) is 14.6. The van der Waals surface area contributed by atoms with Gasteiger partial charge in [-0.15, -0.1) is 0 Å². The molecule has 0 saturated carbocycles. The van der Waals surface area contributed by atoms with Crippen LogP contribution in [0.2, 0.25) is 0 Å². The standard InChI is InChI=1S/C17H26N4O4/c1-19-9-5-17(25,6-10-19)16(24)20-8-2-3-13(11-20)14-4-7-18-21(14)12-15(22)23/h4,7,13,25H,2-3,5-6,8-12H2,1H3,(H,22,23). The van der Waals surface area contributed by atoms with Crippen LogP contribution in [0.1, 0.15) is 37.3 Å². The number of amides is 1. The zero-order valence-electron chi connectivity index (χ0n) is 14.6. The molecule has 2 saturated heterocycles. The van der Waals surface area contributed by atoms with Crippen molar-refractivity contribution in [3.8, 4) is 0 Å². The SMILES string of the molecule is CN1CCC(O)(C(=O)N2CCCC(c3ccnn3CC(=O)O)C2)CC1. The van der Waals surface area contributed by atoms with E-state index in [2.05, 4.69) is 10.00 Å². The van der Waals surface area contributed by atoms with E-state index in [4.69, 9.17) is 5.11 Å². The Balaban J connectivity index is 1.70. The van der Waals surface area contributed by atoms with Crippen molar-refractivity contribution in [3.05, 3.63) is 18.0 Å². The molecule has 0 aliphatic carbocycles. The van der Waals surface area contributed by atoms with Crippen LogP contribution in [-0.2, 0) is 16.1 Å². The number of carbonyl (C=O) groups excluding carboxylic acids is 1. The van der Waals surface area contributed by atoms with Crippen molar-refractivity contribution in [2.45, 2.75) is 43.7 Å². The highest BCUT2D eigenvalue weighted by Crippen LogP contribution is 2.30. The monoisotopic (exact) mass is 350 g/mol. The molecule has 3 heterocycles. The number of aliphatic carboxylic acids is 1. The minimum Gasteiger partial charge on any atom is -0.480 e. The van der Waals surface area contributed by atoms with Gasteiger partial charge in [0.25, 0.3) is 5.91 Å². The van der Waals surface area contributed by atoms with Gasteiger partial charge in [0, 0.05) is 44.0 Å². The minimum absolute atomic E-state index is 0.0504. The largest absolute Gasteiger partial charge is 0.480 e. The highest BCUT2D eigenvalue weighted by molar-refractivity contribution is 5.85. The predicted octanol–water partition coefficient (Wildman–Crippen LogP) is 0.130. The second-order valence-corrected chi connectivity index (χ2v) is 7.23. The second kappa shape index (κ2) is 7.13. The summed E-state index contributed by atoms with van der Waals surface area (Å²) >= 11 is 0. The number of hydrogen-bond acceptors (Lipinski definition) is 5. The van der Waals surface area contributed by atoms with Gasteiger partial charge in [-0.2, -0.15) is 5.10 Å². The van der Waals surface area contributed by atoms with E-state index in [9.17, 15) is 14.7 Å². The van der Waals surface area contributed by atoms with Crippen LogP contribution in [0, 0.1) is 0 Å². The zero-order chi connectivity index (χ0) is 18.0. The summed E-state index contributed by atoms with van der Waals surface area (Å²) in [6, 6.07) is 1.83. The van der Waals surface area contributed by atoms with Crippen molar-refractivity contribution < 1.29 is 19.8 Å². The van der Waals surface area contributed by atoms with E-state index in [1.54, 1.807) is 11.1 Å². The van der Waals surface area contributed by atoms with Crippen molar-refractivity contribution in [2.24, 2.45) is 0 Å². The number of aliphatic hydroxyl groups is 1. The Hall–Kier alpha value is -1.93. The lowest BCUT2D eigenvalue weighted by molar-refractivity contribution is -0.157. The molecule has 2 fully saturated rings. The van der Waals surface area contributed by atoms with Crippen LogP contribution in [0.25, 0.3) is 0 Å². The normalized spacial score (nSPS) is 24.2. The number of carbonyl (C=O) groups is 2. The molecule has 1 unspecified atom stereocenters. The van der Waals surface area contributed by atoms with Crippen LogP contribution in [0.4, 0.5) is 0 Å². The first-order chi connectivity index (χ1) is 11.9. The van der Waals surface area contributed by atoms with Crippen LogP contribution in [-0.4, -0.2) is 80.5 Å². The van der Waals surface area contributed by atoms with Gasteiger partial charge in [-0.25, -0.2) is 0 Å². The van der Waals surface area contributed by atoms with Crippen LogP contribution in [0.15, 0.2) is 12.3 Å². The quantitative estimate of drug-likeness (QED) is 0.801. The number of carboxylic acid groups (broad SMARTS) is 1. The Kier molecular flexibility index (Phi) is 5.10. The van der Waals surface area contributed by atoms with Crippen molar-refractivity contribution in [1.82, 2.24) is 19.6 Å². The van der Waals surface area contributed by atoms with E-state index in [1.807, 2.05) is 13.1 Å². The summed E-state index contributed by atoms with van der Waals surface area (Å²) in [5, 5.41) is 23.9. The molecule has 2 aliphatic rings. The van der Waals surface area contributed by atoms with E-state index in [1.165, 1.54) is 4.68 Å². The molecule has 1 atom stereocenters. The maximum atomic E-state index is 12.9. The molecule has 2 N–H and O–H groups in total. The van der Waals surface area contributed by atoms with Crippen molar-refractivity contribution >= 4 is 11.9 Å². The average Bonchev–Trinajstić information content (AvgIpc) is 3.04. The predicted molar refractivity (Wildman–Crippen MR) is 90.1 cm³/mol. The topological polar surface area (TPSA) is 98.9 Å². The lowest BCUT2D eigenvalue weighted by Crippen LogP contribution is -2.56. The van der Waals surface area contributed by atoms with Gasteiger partial charge in [-0.3, -0.25) is 14.3 Å². The first-order valence-corrected chi connectivity index (χ1v) is 8.83. The molecular formula is C17H26N4O4. The summed E-state index contributed by atoms with van der Waals surface area (Å²) < 4.78 is 1.49. The molecule has 0 spiro atoms. The van der Waals surface area contributed by atoms with E-state index in [0.717, 1.165) is 18.5 Å². The summed E-state index contributed by atoms with van der Waals surface area (Å²) in [5.74, 6) is -1.07.